The van der Waals surface area contributed by atoms with Gasteiger partial charge in [-0.1, -0.05) is 30.3 Å². The molecule has 3 aromatic rings. The van der Waals surface area contributed by atoms with Gasteiger partial charge in [0.2, 0.25) is 5.95 Å². The molecule has 102 valence electrons. The number of aromatic amines is 2. The number of benzene rings is 1. The average molecular weight is 268 g/mol. The largest absolute Gasteiger partial charge is 0.369 e. The van der Waals surface area contributed by atoms with Crippen LogP contribution in [0.25, 0.3) is 11.0 Å². The molecule has 0 fully saturated rings. The molecular weight excluding hydrogens is 252 g/mol. The zero-order chi connectivity index (χ0) is 14.1. The van der Waals surface area contributed by atoms with Gasteiger partial charge in [0.1, 0.15) is 5.65 Å². The highest BCUT2D eigenvalue weighted by molar-refractivity contribution is 5.81. The van der Waals surface area contributed by atoms with Crippen LogP contribution in [0.3, 0.4) is 0 Å². The van der Waals surface area contributed by atoms with Crippen molar-refractivity contribution in [2.45, 2.75) is 19.8 Å². The van der Waals surface area contributed by atoms with Crippen LogP contribution in [-0.4, -0.2) is 15.0 Å². The summed E-state index contributed by atoms with van der Waals surface area (Å²) in [5.41, 5.74) is 9.18. The number of aryl methyl sites for hydroxylation is 3. The maximum absolute atomic E-state index is 12.0. The Hall–Kier alpha value is -2.56. The van der Waals surface area contributed by atoms with Crippen molar-refractivity contribution in [1.82, 2.24) is 15.0 Å². The molecule has 20 heavy (non-hydrogen) atoms. The highest BCUT2D eigenvalue weighted by atomic mass is 16.1. The van der Waals surface area contributed by atoms with E-state index in [1.54, 1.807) is 0 Å². The first-order valence-corrected chi connectivity index (χ1v) is 6.56. The molecule has 3 rings (SSSR count). The second-order valence-electron chi connectivity index (χ2n) is 4.89. The first-order valence-electron chi connectivity index (χ1n) is 6.56. The van der Waals surface area contributed by atoms with Crippen LogP contribution in [0.4, 0.5) is 5.95 Å². The second-order valence-corrected chi connectivity index (χ2v) is 4.89. The van der Waals surface area contributed by atoms with Crippen LogP contribution in [0.1, 0.15) is 16.8 Å². The molecule has 5 heteroatoms. The lowest BCUT2D eigenvalue weighted by Crippen LogP contribution is -2.11. The van der Waals surface area contributed by atoms with E-state index < -0.39 is 0 Å². The van der Waals surface area contributed by atoms with Gasteiger partial charge in [0.25, 0.3) is 5.56 Å². The number of nitrogens with two attached hydrogens (primary N) is 1. The molecule has 4 N–H and O–H groups in total. The quantitative estimate of drug-likeness (QED) is 0.678. The monoisotopic (exact) mass is 268 g/mol. The zero-order valence-corrected chi connectivity index (χ0v) is 11.2. The standard InChI is InChI=1S/C15H16N4O/c1-9-11(8-7-10-5-3-2-4-6-10)12-13(17-9)18-15(16)19-14(12)20/h2-6H,7-8H2,1H3,(H4,16,17,18,19,20). The summed E-state index contributed by atoms with van der Waals surface area (Å²) in [4.78, 5) is 21.9. The Labute approximate surface area is 115 Å². The predicted molar refractivity (Wildman–Crippen MR) is 79.7 cm³/mol. The first-order chi connectivity index (χ1) is 9.65. The molecule has 2 aromatic heterocycles. The number of aromatic nitrogens is 3. The Morgan fingerprint density at radius 3 is 2.65 bits per heavy atom. The summed E-state index contributed by atoms with van der Waals surface area (Å²) in [6.07, 6.45) is 1.68. The zero-order valence-electron chi connectivity index (χ0n) is 11.2. The molecule has 0 spiro atoms. The lowest BCUT2D eigenvalue weighted by Gasteiger charge is -2.02. The molecule has 0 atom stereocenters. The van der Waals surface area contributed by atoms with Gasteiger partial charge in [-0.2, -0.15) is 4.98 Å². The number of rotatable bonds is 3. The Kier molecular flexibility index (Phi) is 3.02. The van der Waals surface area contributed by atoms with E-state index in [0.717, 1.165) is 24.1 Å². The van der Waals surface area contributed by atoms with E-state index in [1.807, 2.05) is 25.1 Å². The van der Waals surface area contributed by atoms with Crippen LogP contribution in [0.5, 0.6) is 0 Å². The number of fused-ring (bicyclic) bond motifs is 1. The molecule has 0 unspecified atom stereocenters. The third kappa shape index (κ3) is 2.18. The number of hydrogen-bond acceptors (Lipinski definition) is 3. The summed E-state index contributed by atoms with van der Waals surface area (Å²) in [7, 11) is 0. The molecule has 0 aliphatic carbocycles. The number of nitrogen functional groups attached to an aromatic ring is 1. The van der Waals surface area contributed by atoms with Crippen molar-refractivity contribution in [1.29, 1.82) is 0 Å². The molecule has 1 aromatic carbocycles. The lowest BCUT2D eigenvalue weighted by atomic mass is 10.0. The molecule has 0 bridgehead atoms. The topological polar surface area (TPSA) is 87.6 Å². The minimum absolute atomic E-state index is 0.137. The summed E-state index contributed by atoms with van der Waals surface area (Å²) < 4.78 is 0. The Morgan fingerprint density at radius 1 is 1.15 bits per heavy atom. The van der Waals surface area contributed by atoms with Gasteiger partial charge in [0, 0.05) is 5.69 Å². The number of nitrogens with one attached hydrogen (secondary N) is 2. The molecule has 2 heterocycles. The number of hydrogen-bond donors (Lipinski definition) is 3. The van der Waals surface area contributed by atoms with Gasteiger partial charge < -0.3 is 10.7 Å². The minimum Gasteiger partial charge on any atom is -0.369 e. The normalized spacial score (nSPS) is 11.1. The summed E-state index contributed by atoms with van der Waals surface area (Å²) in [5.74, 6) is 0.137. The maximum Gasteiger partial charge on any atom is 0.262 e. The lowest BCUT2D eigenvalue weighted by molar-refractivity contribution is 0.953. The van der Waals surface area contributed by atoms with Crippen LogP contribution >= 0.6 is 0 Å². The van der Waals surface area contributed by atoms with Gasteiger partial charge in [0.05, 0.1) is 5.39 Å². The second kappa shape index (κ2) is 4.85. The van der Waals surface area contributed by atoms with Crippen molar-refractivity contribution in [3.8, 4) is 0 Å². The number of nitrogens with zero attached hydrogens (tertiary/aromatic N) is 1. The number of anilines is 1. The fourth-order valence-electron chi connectivity index (χ4n) is 2.53. The van der Waals surface area contributed by atoms with Crippen LogP contribution < -0.4 is 11.3 Å². The van der Waals surface area contributed by atoms with Crippen LogP contribution in [0.15, 0.2) is 35.1 Å². The van der Waals surface area contributed by atoms with Gasteiger partial charge in [-0.05, 0) is 30.9 Å². The molecule has 0 aliphatic heterocycles. The summed E-state index contributed by atoms with van der Waals surface area (Å²) in [5, 5.41) is 0.618. The molecule has 0 saturated heterocycles. The minimum atomic E-state index is -0.181. The van der Waals surface area contributed by atoms with Crippen LogP contribution in [-0.2, 0) is 12.8 Å². The predicted octanol–water partition coefficient (Wildman–Crippen LogP) is 1.93. The van der Waals surface area contributed by atoms with Crippen molar-refractivity contribution in [2.24, 2.45) is 0 Å². The Morgan fingerprint density at radius 2 is 1.90 bits per heavy atom. The van der Waals surface area contributed by atoms with Crippen LogP contribution in [0, 0.1) is 6.92 Å². The maximum atomic E-state index is 12.0. The van der Waals surface area contributed by atoms with Crippen molar-refractivity contribution in [3.63, 3.8) is 0 Å². The highest BCUT2D eigenvalue weighted by Crippen LogP contribution is 2.19. The summed E-state index contributed by atoms with van der Waals surface area (Å²) >= 11 is 0. The molecule has 0 amide bonds. The van der Waals surface area contributed by atoms with Crippen molar-refractivity contribution in [3.05, 3.63) is 57.5 Å². The SMILES string of the molecule is Cc1[nH]c2nc(N)[nH]c(=O)c2c1CCc1ccccc1. The highest BCUT2D eigenvalue weighted by Gasteiger charge is 2.13. The van der Waals surface area contributed by atoms with Gasteiger partial charge in [0.15, 0.2) is 0 Å². The third-order valence-corrected chi connectivity index (χ3v) is 3.50. The van der Waals surface area contributed by atoms with Crippen molar-refractivity contribution >= 4 is 17.0 Å². The van der Waals surface area contributed by atoms with E-state index in [9.17, 15) is 4.79 Å². The van der Waals surface area contributed by atoms with Gasteiger partial charge in [-0.15, -0.1) is 0 Å². The van der Waals surface area contributed by atoms with E-state index >= 15 is 0 Å². The Bertz CT molecular complexity index is 802. The summed E-state index contributed by atoms with van der Waals surface area (Å²) in [6, 6.07) is 10.2. The van der Waals surface area contributed by atoms with Gasteiger partial charge >= 0.3 is 0 Å². The molecule has 0 radical (unpaired) electrons. The van der Waals surface area contributed by atoms with E-state index in [-0.39, 0.29) is 11.5 Å². The smallest absolute Gasteiger partial charge is 0.262 e. The first kappa shape index (κ1) is 12.5. The van der Waals surface area contributed by atoms with E-state index in [1.165, 1.54) is 5.56 Å². The molecular formula is C15H16N4O. The molecule has 0 saturated carbocycles. The molecule has 5 nitrogen and oxygen atoms in total. The third-order valence-electron chi connectivity index (χ3n) is 3.50. The van der Waals surface area contributed by atoms with Gasteiger partial charge in [-0.3, -0.25) is 9.78 Å². The van der Waals surface area contributed by atoms with Crippen molar-refractivity contribution < 1.29 is 0 Å². The van der Waals surface area contributed by atoms with Crippen molar-refractivity contribution in [2.75, 3.05) is 5.73 Å². The fourth-order valence-corrected chi connectivity index (χ4v) is 2.53. The van der Waals surface area contributed by atoms with E-state index in [0.29, 0.717) is 11.0 Å². The average Bonchev–Trinajstić information content (AvgIpc) is 2.73. The fraction of sp³-hybridized carbons (Fsp3) is 0.200. The van der Waals surface area contributed by atoms with E-state index in [4.69, 9.17) is 5.73 Å². The van der Waals surface area contributed by atoms with Gasteiger partial charge in [-0.25, -0.2) is 0 Å². The summed E-state index contributed by atoms with van der Waals surface area (Å²) in [6.45, 7) is 1.96. The van der Waals surface area contributed by atoms with Crippen LogP contribution in [0.2, 0.25) is 0 Å². The number of H-pyrrole nitrogens is 2. The molecule has 0 aliphatic rings. The van der Waals surface area contributed by atoms with E-state index in [2.05, 4.69) is 27.1 Å². The Balaban J connectivity index is 1.99.